The lowest BCUT2D eigenvalue weighted by Gasteiger charge is -1.80. The number of fused-ring (bicyclic) bond motifs is 1. The summed E-state index contributed by atoms with van der Waals surface area (Å²) in [7, 11) is 0. The smallest absolute Gasteiger partial charge is 0.195 e. The van der Waals surface area contributed by atoms with Crippen LogP contribution in [0.5, 0.6) is 0 Å². The van der Waals surface area contributed by atoms with Gasteiger partial charge in [-0.25, -0.2) is 0 Å². The fourth-order valence-electron chi connectivity index (χ4n) is 0.409. The summed E-state index contributed by atoms with van der Waals surface area (Å²) in [6.07, 6.45) is 1.13. The summed E-state index contributed by atoms with van der Waals surface area (Å²) < 4.78 is 4.55. The summed E-state index contributed by atoms with van der Waals surface area (Å²) in [6.45, 7) is 0. The van der Waals surface area contributed by atoms with Crippen LogP contribution in [0.4, 0.5) is 0 Å². The second-order valence-corrected chi connectivity index (χ2v) is 1.66. The highest BCUT2D eigenvalue weighted by molar-refractivity contribution is 5.11. The van der Waals surface area contributed by atoms with Gasteiger partial charge in [-0.3, -0.25) is 0 Å². The third kappa shape index (κ3) is 0.102. The SMILES string of the molecule is OC12CC1O2. The van der Waals surface area contributed by atoms with Crippen LogP contribution in [0.2, 0.25) is 0 Å². The van der Waals surface area contributed by atoms with Gasteiger partial charge in [0.25, 0.3) is 0 Å². The maximum atomic E-state index is 8.48. The molecule has 0 radical (unpaired) electrons. The molecule has 0 amide bonds. The van der Waals surface area contributed by atoms with Gasteiger partial charge < -0.3 is 9.84 Å². The summed E-state index contributed by atoms with van der Waals surface area (Å²) in [4.78, 5) is 0. The number of hydrogen-bond donors (Lipinski definition) is 1. The molecule has 0 spiro atoms. The Morgan fingerprint density at radius 1 is 2.00 bits per heavy atom. The van der Waals surface area contributed by atoms with Crippen LogP contribution in [-0.4, -0.2) is 17.0 Å². The van der Waals surface area contributed by atoms with Crippen molar-refractivity contribution >= 4 is 0 Å². The Bertz CT molecular complexity index is 73.0. The first-order valence-corrected chi connectivity index (χ1v) is 1.71. The Labute approximate surface area is 29.4 Å². The summed E-state index contributed by atoms with van der Waals surface area (Å²) in [6, 6.07) is 0. The van der Waals surface area contributed by atoms with Crippen molar-refractivity contribution < 1.29 is 9.84 Å². The van der Waals surface area contributed by atoms with Gasteiger partial charge in [-0.1, -0.05) is 0 Å². The van der Waals surface area contributed by atoms with Crippen molar-refractivity contribution in [1.29, 1.82) is 0 Å². The third-order valence-corrected chi connectivity index (χ3v) is 1.11. The zero-order chi connectivity index (χ0) is 3.49. The Morgan fingerprint density at radius 3 is 2.20 bits per heavy atom. The molecule has 2 atom stereocenters. The first kappa shape index (κ1) is 2.16. The highest BCUT2D eigenvalue weighted by atomic mass is 16.8. The molecule has 2 unspecified atom stereocenters. The van der Waals surface area contributed by atoms with Crippen molar-refractivity contribution in [1.82, 2.24) is 0 Å². The Morgan fingerprint density at radius 2 is 2.20 bits per heavy atom. The molecular formula is C3H4O2. The quantitative estimate of drug-likeness (QED) is 0.390. The molecule has 2 rings (SSSR count). The second-order valence-electron chi connectivity index (χ2n) is 1.66. The van der Waals surface area contributed by atoms with Gasteiger partial charge in [0, 0.05) is 6.42 Å². The molecule has 5 heavy (non-hydrogen) atoms. The van der Waals surface area contributed by atoms with Gasteiger partial charge in [0.05, 0.1) is 0 Å². The van der Waals surface area contributed by atoms with Crippen LogP contribution in [-0.2, 0) is 4.74 Å². The van der Waals surface area contributed by atoms with Crippen molar-refractivity contribution in [2.24, 2.45) is 0 Å². The fourth-order valence-corrected chi connectivity index (χ4v) is 0.409. The Balaban J connectivity index is 2.37. The van der Waals surface area contributed by atoms with E-state index in [1.165, 1.54) is 0 Å². The molecule has 1 heterocycles. The third-order valence-electron chi connectivity index (χ3n) is 1.11. The van der Waals surface area contributed by atoms with Crippen LogP contribution in [0.15, 0.2) is 0 Å². The lowest BCUT2D eigenvalue weighted by atomic mass is 10.8. The molecule has 2 aliphatic rings. The van der Waals surface area contributed by atoms with Crippen LogP contribution in [0.3, 0.4) is 0 Å². The second kappa shape index (κ2) is 0.280. The molecule has 2 nitrogen and oxygen atoms in total. The monoisotopic (exact) mass is 72.0 g/mol. The molecule has 1 saturated heterocycles. The molecule has 28 valence electrons. The molecule has 1 aliphatic heterocycles. The maximum Gasteiger partial charge on any atom is 0.195 e. The maximum absolute atomic E-state index is 8.48. The van der Waals surface area contributed by atoms with Crippen molar-refractivity contribution in [3.05, 3.63) is 0 Å². The standard InChI is InChI=1S/C3H4O2/c4-3-1-2(3)5-3/h2,4H,1H2. The van der Waals surface area contributed by atoms with Gasteiger partial charge in [-0.2, -0.15) is 0 Å². The van der Waals surface area contributed by atoms with Crippen LogP contribution in [0.25, 0.3) is 0 Å². The minimum Gasteiger partial charge on any atom is -0.363 e. The van der Waals surface area contributed by atoms with Crippen LogP contribution in [0, 0.1) is 0 Å². The molecule has 0 bridgehead atoms. The van der Waals surface area contributed by atoms with Crippen LogP contribution >= 0.6 is 0 Å². The van der Waals surface area contributed by atoms with Gasteiger partial charge >= 0.3 is 0 Å². The van der Waals surface area contributed by atoms with Gasteiger partial charge in [-0.05, 0) is 0 Å². The normalized spacial score (nSPS) is 70.2. The van der Waals surface area contributed by atoms with E-state index in [1.54, 1.807) is 0 Å². The van der Waals surface area contributed by atoms with Gasteiger partial charge in [0.1, 0.15) is 6.10 Å². The summed E-state index contributed by atoms with van der Waals surface area (Å²) in [5, 5.41) is 8.48. The lowest BCUT2D eigenvalue weighted by molar-refractivity contribution is 0.0304. The van der Waals surface area contributed by atoms with E-state index in [0.717, 1.165) is 6.42 Å². The molecule has 2 heteroatoms. The Hall–Kier alpha value is -0.0800. The minimum atomic E-state index is -0.583. The highest BCUT2D eigenvalue weighted by Crippen LogP contribution is 2.57. The van der Waals surface area contributed by atoms with E-state index in [-0.39, 0.29) is 6.10 Å². The number of rotatable bonds is 0. The largest absolute Gasteiger partial charge is 0.363 e. The molecule has 1 N–H and O–H groups in total. The van der Waals surface area contributed by atoms with Crippen LogP contribution in [0.1, 0.15) is 6.42 Å². The molecule has 1 aliphatic carbocycles. The topological polar surface area (TPSA) is 32.8 Å². The van der Waals surface area contributed by atoms with E-state index in [2.05, 4.69) is 4.74 Å². The van der Waals surface area contributed by atoms with E-state index in [9.17, 15) is 0 Å². The average Bonchev–Trinajstić information content (AvgIpc) is 1.74. The number of aliphatic hydroxyl groups is 1. The first-order chi connectivity index (χ1) is 2.31. The van der Waals surface area contributed by atoms with E-state index in [0.29, 0.717) is 0 Å². The minimum absolute atomic E-state index is 0.252. The van der Waals surface area contributed by atoms with Gasteiger partial charge in [0.2, 0.25) is 0 Å². The average molecular weight is 72.1 g/mol. The van der Waals surface area contributed by atoms with Gasteiger partial charge in [0.15, 0.2) is 5.79 Å². The lowest BCUT2D eigenvalue weighted by Crippen LogP contribution is -1.88. The van der Waals surface area contributed by atoms with E-state index in [1.807, 2.05) is 0 Å². The molecular weight excluding hydrogens is 68.0 g/mol. The first-order valence-electron chi connectivity index (χ1n) is 1.71. The predicted molar refractivity (Wildman–Crippen MR) is 14.4 cm³/mol. The predicted octanol–water partition coefficient (Wildman–Crippen LogP) is -0.522. The number of epoxide rings is 1. The number of ether oxygens (including phenoxy) is 1. The summed E-state index contributed by atoms with van der Waals surface area (Å²) in [5.74, 6) is -0.583. The van der Waals surface area contributed by atoms with Gasteiger partial charge in [-0.15, -0.1) is 0 Å². The van der Waals surface area contributed by atoms with E-state index in [4.69, 9.17) is 5.11 Å². The summed E-state index contributed by atoms with van der Waals surface area (Å²) >= 11 is 0. The van der Waals surface area contributed by atoms with Crippen molar-refractivity contribution in [2.45, 2.75) is 18.3 Å². The molecule has 0 aromatic heterocycles. The van der Waals surface area contributed by atoms with Crippen LogP contribution < -0.4 is 0 Å². The van der Waals surface area contributed by atoms with E-state index >= 15 is 0 Å². The summed E-state index contributed by atoms with van der Waals surface area (Å²) in [5.41, 5.74) is 0. The van der Waals surface area contributed by atoms with Crippen molar-refractivity contribution in [3.8, 4) is 0 Å². The Kier molecular flexibility index (Phi) is 0.121. The van der Waals surface area contributed by atoms with E-state index < -0.39 is 5.79 Å². The molecule has 0 aromatic rings. The van der Waals surface area contributed by atoms with Crippen molar-refractivity contribution in [3.63, 3.8) is 0 Å². The fraction of sp³-hybridized carbons (Fsp3) is 1.00. The molecule has 2 fully saturated rings. The zero-order valence-electron chi connectivity index (χ0n) is 2.64. The van der Waals surface area contributed by atoms with Crippen molar-refractivity contribution in [2.75, 3.05) is 0 Å². The zero-order valence-corrected chi connectivity index (χ0v) is 2.64. The molecule has 1 saturated carbocycles. The number of hydrogen-bond acceptors (Lipinski definition) is 2. The highest BCUT2D eigenvalue weighted by Gasteiger charge is 2.73. The molecule has 0 aromatic carbocycles.